The summed E-state index contributed by atoms with van der Waals surface area (Å²) < 4.78 is 0. The third-order valence-corrected chi connectivity index (χ3v) is 5.28. The molecule has 3 nitrogen and oxygen atoms in total. The monoisotopic (exact) mass is 370 g/mol. The van der Waals surface area contributed by atoms with Crippen LogP contribution >= 0.6 is 11.6 Å². The highest BCUT2D eigenvalue weighted by Gasteiger charge is 2.17. The van der Waals surface area contributed by atoms with E-state index in [0.717, 1.165) is 23.6 Å². The van der Waals surface area contributed by atoms with Crippen LogP contribution in [0.3, 0.4) is 0 Å². The maximum atomic E-state index is 12.6. The standard InChI is InChI=1S/C22H27ClN2O/c1-17-4-3-13-25(14-17)16-19-5-9-20(10-6-19)22(26)24(2)15-18-7-11-21(23)12-8-18/h5-12,17H,3-4,13-16H2,1-2H3/t17-/m0/s1. The zero-order chi connectivity index (χ0) is 18.5. The first-order valence-electron chi connectivity index (χ1n) is 9.32. The SMILES string of the molecule is C[C@H]1CCCN(Cc2ccc(C(=O)N(C)Cc3ccc(Cl)cc3)cc2)C1. The molecule has 0 unspecified atom stereocenters. The normalized spacial score (nSPS) is 17.9. The van der Waals surface area contributed by atoms with Crippen molar-refractivity contribution in [1.82, 2.24) is 9.80 Å². The predicted molar refractivity (Wildman–Crippen MR) is 107 cm³/mol. The van der Waals surface area contributed by atoms with E-state index < -0.39 is 0 Å². The Balaban J connectivity index is 1.58. The zero-order valence-electron chi connectivity index (χ0n) is 15.6. The molecule has 2 aromatic rings. The number of rotatable bonds is 5. The van der Waals surface area contributed by atoms with Gasteiger partial charge in [0.1, 0.15) is 0 Å². The van der Waals surface area contributed by atoms with Gasteiger partial charge in [-0.1, -0.05) is 42.8 Å². The van der Waals surface area contributed by atoms with E-state index in [1.165, 1.54) is 31.5 Å². The largest absolute Gasteiger partial charge is 0.337 e. The highest BCUT2D eigenvalue weighted by Crippen LogP contribution is 2.18. The molecule has 0 spiro atoms. The minimum absolute atomic E-state index is 0.0399. The Bertz CT molecular complexity index is 727. The molecule has 1 saturated heterocycles. The van der Waals surface area contributed by atoms with Crippen LogP contribution in [0.5, 0.6) is 0 Å². The highest BCUT2D eigenvalue weighted by atomic mass is 35.5. The molecule has 0 bridgehead atoms. The Morgan fingerprint density at radius 2 is 1.77 bits per heavy atom. The van der Waals surface area contributed by atoms with Crippen LogP contribution < -0.4 is 0 Å². The molecule has 1 aliphatic rings. The topological polar surface area (TPSA) is 23.6 Å². The minimum Gasteiger partial charge on any atom is -0.337 e. The van der Waals surface area contributed by atoms with E-state index in [9.17, 15) is 4.79 Å². The molecule has 0 saturated carbocycles. The van der Waals surface area contributed by atoms with Crippen molar-refractivity contribution >= 4 is 17.5 Å². The summed E-state index contributed by atoms with van der Waals surface area (Å²) in [6, 6.07) is 15.7. The van der Waals surface area contributed by atoms with Crippen molar-refractivity contribution in [3.63, 3.8) is 0 Å². The van der Waals surface area contributed by atoms with Crippen LogP contribution in [0.15, 0.2) is 48.5 Å². The minimum atomic E-state index is 0.0399. The first-order valence-corrected chi connectivity index (χ1v) is 9.70. The lowest BCUT2D eigenvalue weighted by molar-refractivity contribution is 0.0785. The first-order chi connectivity index (χ1) is 12.5. The molecule has 0 radical (unpaired) electrons. The molecule has 1 fully saturated rings. The van der Waals surface area contributed by atoms with Gasteiger partial charge in [0, 0.05) is 37.3 Å². The molecule has 26 heavy (non-hydrogen) atoms. The molecule has 3 rings (SSSR count). The number of carbonyl (C=O) groups is 1. The van der Waals surface area contributed by atoms with Crippen molar-refractivity contribution in [3.8, 4) is 0 Å². The van der Waals surface area contributed by atoms with Crippen molar-refractivity contribution in [2.45, 2.75) is 32.9 Å². The van der Waals surface area contributed by atoms with Crippen molar-refractivity contribution in [2.75, 3.05) is 20.1 Å². The molecule has 4 heteroatoms. The molecule has 1 amide bonds. The average molecular weight is 371 g/mol. The molecular weight excluding hydrogens is 344 g/mol. The Morgan fingerprint density at radius 1 is 1.12 bits per heavy atom. The van der Waals surface area contributed by atoms with Crippen molar-refractivity contribution in [3.05, 3.63) is 70.2 Å². The van der Waals surface area contributed by atoms with Gasteiger partial charge in [-0.3, -0.25) is 9.69 Å². The number of benzene rings is 2. The van der Waals surface area contributed by atoms with Gasteiger partial charge in [0.05, 0.1) is 0 Å². The molecule has 138 valence electrons. The summed E-state index contributed by atoms with van der Waals surface area (Å²) in [5.74, 6) is 0.823. The molecule has 2 aromatic carbocycles. The second-order valence-corrected chi connectivity index (χ2v) is 7.90. The fourth-order valence-corrected chi connectivity index (χ4v) is 3.72. The number of halogens is 1. The van der Waals surface area contributed by atoms with Crippen molar-refractivity contribution < 1.29 is 4.79 Å². The van der Waals surface area contributed by atoms with Gasteiger partial charge < -0.3 is 4.90 Å². The molecule has 1 heterocycles. The highest BCUT2D eigenvalue weighted by molar-refractivity contribution is 6.30. The van der Waals surface area contributed by atoms with Crippen LogP contribution in [0.1, 0.15) is 41.3 Å². The first kappa shape index (κ1) is 18.9. The van der Waals surface area contributed by atoms with Crippen LogP contribution in [-0.4, -0.2) is 35.8 Å². The van der Waals surface area contributed by atoms with Gasteiger partial charge in [0.15, 0.2) is 0 Å². The van der Waals surface area contributed by atoms with Gasteiger partial charge in [-0.25, -0.2) is 0 Å². The van der Waals surface area contributed by atoms with Gasteiger partial charge in [0.2, 0.25) is 0 Å². The number of hydrogen-bond acceptors (Lipinski definition) is 2. The van der Waals surface area contributed by atoms with Gasteiger partial charge in [-0.2, -0.15) is 0 Å². The maximum absolute atomic E-state index is 12.6. The Hall–Kier alpha value is -1.84. The number of hydrogen-bond donors (Lipinski definition) is 0. The molecule has 0 aliphatic carbocycles. The summed E-state index contributed by atoms with van der Waals surface area (Å²) >= 11 is 5.92. The van der Waals surface area contributed by atoms with Crippen molar-refractivity contribution in [1.29, 1.82) is 0 Å². The van der Waals surface area contributed by atoms with Gasteiger partial charge in [0.25, 0.3) is 5.91 Å². The van der Waals surface area contributed by atoms with E-state index in [1.807, 2.05) is 43.4 Å². The lowest BCUT2D eigenvalue weighted by atomic mass is 9.99. The Kier molecular flexibility index (Phi) is 6.33. The smallest absolute Gasteiger partial charge is 0.253 e. The fourth-order valence-electron chi connectivity index (χ4n) is 3.60. The van der Waals surface area contributed by atoms with Crippen LogP contribution in [0.2, 0.25) is 5.02 Å². The molecule has 1 atom stereocenters. The number of piperidine rings is 1. The van der Waals surface area contributed by atoms with Gasteiger partial charge >= 0.3 is 0 Å². The predicted octanol–water partition coefficient (Wildman–Crippen LogP) is 4.84. The van der Waals surface area contributed by atoms with Gasteiger partial charge in [-0.15, -0.1) is 0 Å². The van der Waals surface area contributed by atoms with E-state index in [0.29, 0.717) is 11.6 Å². The number of nitrogens with zero attached hydrogens (tertiary/aromatic N) is 2. The summed E-state index contributed by atoms with van der Waals surface area (Å²) in [5.41, 5.74) is 3.08. The Morgan fingerprint density at radius 3 is 2.42 bits per heavy atom. The number of likely N-dealkylation sites (tertiary alicyclic amines) is 1. The summed E-state index contributed by atoms with van der Waals surface area (Å²) in [4.78, 5) is 16.9. The third-order valence-electron chi connectivity index (χ3n) is 5.03. The number of carbonyl (C=O) groups excluding carboxylic acids is 1. The van der Waals surface area contributed by atoms with Crippen molar-refractivity contribution in [2.24, 2.45) is 5.92 Å². The molecule has 1 aliphatic heterocycles. The lowest BCUT2D eigenvalue weighted by Gasteiger charge is -2.30. The van der Waals surface area contributed by atoms with Crippen LogP contribution in [0.25, 0.3) is 0 Å². The van der Waals surface area contributed by atoms with Gasteiger partial charge in [-0.05, 0) is 60.7 Å². The van der Waals surface area contributed by atoms with E-state index in [1.54, 1.807) is 4.90 Å². The van der Waals surface area contributed by atoms with Crippen LogP contribution in [-0.2, 0) is 13.1 Å². The fraction of sp³-hybridized carbons (Fsp3) is 0.409. The third kappa shape index (κ3) is 5.09. The van der Waals surface area contributed by atoms with E-state index in [-0.39, 0.29) is 5.91 Å². The summed E-state index contributed by atoms with van der Waals surface area (Å²) in [7, 11) is 1.83. The zero-order valence-corrected chi connectivity index (χ0v) is 16.4. The maximum Gasteiger partial charge on any atom is 0.253 e. The van der Waals surface area contributed by atoms with Crippen LogP contribution in [0, 0.1) is 5.92 Å². The second kappa shape index (κ2) is 8.70. The summed E-state index contributed by atoms with van der Waals surface area (Å²) in [5, 5.41) is 0.710. The molecular formula is C22H27ClN2O. The second-order valence-electron chi connectivity index (χ2n) is 7.47. The lowest BCUT2D eigenvalue weighted by Crippen LogP contribution is -2.33. The summed E-state index contributed by atoms with van der Waals surface area (Å²) in [6.45, 7) is 6.21. The Labute approximate surface area is 161 Å². The summed E-state index contributed by atoms with van der Waals surface area (Å²) in [6.07, 6.45) is 2.62. The quantitative estimate of drug-likeness (QED) is 0.751. The van der Waals surface area contributed by atoms with E-state index in [4.69, 9.17) is 11.6 Å². The average Bonchev–Trinajstić information content (AvgIpc) is 2.64. The molecule has 0 N–H and O–H groups in total. The van der Waals surface area contributed by atoms with E-state index in [2.05, 4.69) is 24.0 Å². The van der Waals surface area contributed by atoms with E-state index >= 15 is 0 Å². The van der Waals surface area contributed by atoms with Crippen LogP contribution in [0.4, 0.5) is 0 Å². The number of amides is 1. The molecule has 0 aromatic heterocycles.